The van der Waals surface area contributed by atoms with E-state index < -0.39 is 11.4 Å². The van der Waals surface area contributed by atoms with Crippen molar-refractivity contribution in [2.24, 2.45) is 63.1 Å². The van der Waals surface area contributed by atoms with Crippen LogP contribution in [0.5, 0.6) is 0 Å². The molecule has 0 aromatic heterocycles. The lowest BCUT2D eigenvalue weighted by Gasteiger charge is -2.55. The number of aliphatic carboxylic acids is 1. The first kappa shape index (κ1) is 26.8. The number of hydrogen-bond acceptors (Lipinski definition) is 2. The van der Waals surface area contributed by atoms with E-state index in [1.54, 1.807) is 0 Å². The molecule has 0 radical (unpaired) electrons. The first-order valence-corrected chi connectivity index (χ1v) is 16.9. The largest absolute Gasteiger partial charge is 0.481 e. The van der Waals surface area contributed by atoms with Crippen LogP contribution < -0.4 is 0 Å². The maximum Gasteiger partial charge on any atom is 0.309 e. The number of fused-ring (bicyclic) bond motifs is 5. The predicted molar refractivity (Wildman–Crippen MR) is 154 cm³/mol. The van der Waals surface area contributed by atoms with E-state index in [-0.39, 0.29) is 11.3 Å². The van der Waals surface area contributed by atoms with E-state index in [1.165, 1.54) is 77.0 Å². The fraction of sp³-hybridized carbons (Fsp3) is 0.943. The third-order valence-electron chi connectivity index (χ3n) is 14.8. The maximum atomic E-state index is 14.0. The van der Waals surface area contributed by atoms with E-state index in [4.69, 9.17) is 0 Å². The molecule has 0 aromatic rings. The first-order valence-electron chi connectivity index (χ1n) is 16.9. The molecule has 0 spiro atoms. The molecule has 4 nitrogen and oxygen atoms in total. The molecule has 218 valence electrons. The molecule has 0 heterocycles. The number of nitrogens with zero attached hydrogens (tertiary/aromatic N) is 1. The van der Waals surface area contributed by atoms with Crippen LogP contribution in [-0.2, 0) is 9.59 Å². The van der Waals surface area contributed by atoms with Gasteiger partial charge in [-0.25, -0.2) is 0 Å². The highest BCUT2D eigenvalue weighted by atomic mass is 16.4. The van der Waals surface area contributed by atoms with Crippen LogP contribution in [0.15, 0.2) is 0 Å². The second-order valence-electron chi connectivity index (χ2n) is 17.5. The topological polar surface area (TPSA) is 57.6 Å². The van der Waals surface area contributed by atoms with Crippen molar-refractivity contribution in [3.63, 3.8) is 0 Å². The van der Waals surface area contributed by atoms with Gasteiger partial charge in [0.25, 0.3) is 0 Å². The lowest BCUT2D eigenvalue weighted by molar-refractivity contribution is -0.152. The van der Waals surface area contributed by atoms with Crippen molar-refractivity contribution in [2.45, 2.75) is 136 Å². The second-order valence-corrected chi connectivity index (χ2v) is 17.5. The van der Waals surface area contributed by atoms with E-state index >= 15 is 0 Å². The summed E-state index contributed by atoms with van der Waals surface area (Å²) in [5.41, 5.74) is 0.577. The van der Waals surface area contributed by atoms with Gasteiger partial charge in [0.05, 0.1) is 5.41 Å². The van der Waals surface area contributed by atoms with Crippen LogP contribution in [0, 0.1) is 63.1 Å². The number of rotatable bonds is 4. The zero-order valence-corrected chi connectivity index (χ0v) is 25.4. The van der Waals surface area contributed by atoms with Gasteiger partial charge in [0.2, 0.25) is 5.91 Å². The van der Waals surface area contributed by atoms with Gasteiger partial charge < -0.3 is 10.0 Å². The standard InChI is InChI=1S/C35H55NO3/c1-32(2,3)27-7-9-29(10-8-27)36(4)30(37)24-12-23-13-25-18-33(17-23,19-26(25)15-24)34-16-22-6-5-11-35(21-34,31(38)39)28(14-22)20-34/h22-29H,5-21H2,1-4H3,(H,38,39). The van der Waals surface area contributed by atoms with Crippen molar-refractivity contribution in [1.82, 2.24) is 4.90 Å². The highest BCUT2D eigenvalue weighted by Gasteiger charge is 2.71. The van der Waals surface area contributed by atoms with Gasteiger partial charge in [-0.2, -0.15) is 0 Å². The Bertz CT molecular complexity index is 1000. The molecule has 7 fully saturated rings. The summed E-state index contributed by atoms with van der Waals surface area (Å²) in [6.07, 6.45) is 20.3. The van der Waals surface area contributed by atoms with Gasteiger partial charge in [0, 0.05) is 19.0 Å². The molecule has 7 aliphatic carbocycles. The molecule has 7 saturated carbocycles. The van der Waals surface area contributed by atoms with Gasteiger partial charge in [-0.15, -0.1) is 0 Å². The minimum Gasteiger partial charge on any atom is -0.481 e. The molecule has 9 atom stereocenters. The van der Waals surface area contributed by atoms with Gasteiger partial charge in [-0.1, -0.05) is 33.6 Å². The summed E-state index contributed by atoms with van der Waals surface area (Å²) in [6.45, 7) is 7.13. The Hall–Kier alpha value is -1.06. The van der Waals surface area contributed by atoms with E-state index in [2.05, 4.69) is 32.7 Å². The Balaban J connectivity index is 1.08. The summed E-state index contributed by atoms with van der Waals surface area (Å²) in [4.78, 5) is 29.0. The second kappa shape index (κ2) is 8.97. The summed E-state index contributed by atoms with van der Waals surface area (Å²) in [7, 11) is 2.12. The molecule has 1 amide bonds. The molecular weight excluding hydrogens is 482 g/mol. The number of hydrogen-bond donors (Lipinski definition) is 1. The highest BCUT2D eigenvalue weighted by molar-refractivity contribution is 5.79. The quantitative estimate of drug-likeness (QED) is 0.396. The minimum absolute atomic E-state index is 0.219. The SMILES string of the molecule is CN(C(=O)C1CC2CC3CC(C45CC6CCCC(C(=O)O)(C4)C(C6)C5)(C2)CC3C1)C1CCC(C(C)(C)C)CC1. The van der Waals surface area contributed by atoms with Crippen molar-refractivity contribution < 1.29 is 14.7 Å². The molecular formula is C35H55NO3. The number of carboxylic acid groups (broad SMARTS) is 1. The lowest BCUT2D eigenvalue weighted by Crippen LogP contribution is -2.47. The van der Waals surface area contributed by atoms with Gasteiger partial charge in [0.1, 0.15) is 0 Å². The van der Waals surface area contributed by atoms with Crippen molar-refractivity contribution in [3.8, 4) is 0 Å². The summed E-state index contributed by atoms with van der Waals surface area (Å²) >= 11 is 0. The monoisotopic (exact) mass is 537 g/mol. The molecule has 1 N–H and O–H groups in total. The lowest BCUT2D eigenvalue weighted by atomic mass is 9.50. The van der Waals surface area contributed by atoms with Crippen LogP contribution in [-0.4, -0.2) is 35.0 Å². The van der Waals surface area contributed by atoms with Crippen LogP contribution in [0.4, 0.5) is 0 Å². The molecule has 4 heteroatoms. The van der Waals surface area contributed by atoms with E-state index in [0.717, 1.165) is 49.9 Å². The Morgan fingerprint density at radius 3 is 2.18 bits per heavy atom. The van der Waals surface area contributed by atoms with Gasteiger partial charge >= 0.3 is 5.97 Å². The van der Waals surface area contributed by atoms with Crippen molar-refractivity contribution >= 4 is 11.9 Å². The van der Waals surface area contributed by atoms with Crippen molar-refractivity contribution in [1.29, 1.82) is 0 Å². The maximum absolute atomic E-state index is 14.0. The highest BCUT2D eigenvalue weighted by Crippen LogP contribution is 2.77. The predicted octanol–water partition coefficient (Wildman–Crippen LogP) is 7.94. The zero-order valence-electron chi connectivity index (χ0n) is 25.4. The Labute approximate surface area is 237 Å². The zero-order chi connectivity index (χ0) is 27.4. The van der Waals surface area contributed by atoms with Crippen LogP contribution in [0.1, 0.15) is 130 Å². The normalized spacial score (nSPS) is 50.5. The summed E-state index contributed by atoms with van der Waals surface area (Å²) < 4.78 is 0. The molecule has 39 heavy (non-hydrogen) atoms. The Kier molecular flexibility index (Phi) is 6.17. The van der Waals surface area contributed by atoms with Gasteiger partial charge in [-0.05, 0) is 148 Å². The molecule has 7 rings (SSSR count). The van der Waals surface area contributed by atoms with Gasteiger partial charge in [0.15, 0.2) is 0 Å². The number of carbonyl (C=O) groups excluding carboxylic acids is 1. The molecule has 0 aromatic carbocycles. The number of amides is 1. The van der Waals surface area contributed by atoms with Crippen molar-refractivity contribution in [2.75, 3.05) is 7.05 Å². The van der Waals surface area contributed by atoms with Crippen LogP contribution in [0.3, 0.4) is 0 Å². The summed E-state index contributed by atoms with van der Waals surface area (Å²) in [5, 5.41) is 10.6. The summed E-state index contributed by atoms with van der Waals surface area (Å²) in [5.74, 6) is 4.31. The van der Waals surface area contributed by atoms with E-state index in [0.29, 0.717) is 40.5 Å². The average Bonchev–Trinajstić information content (AvgIpc) is 3.17. The third kappa shape index (κ3) is 4.02. The smallest absolute Gasteiger partial charge is 0.309 e. The fourth-order valence-electron chi connectivity index (χ4n) is 13.1. The molecule has 9 unspecified atom stereocenters. The van der Waals surface area contributed by atoms with E-state index in [1.807, 2.05) is 0 Å². The molecule has 0 saturated heterocycles. The third-order valence-corrected chi connectivity index (χ3v) is 14.8. The number of carbonyl (C=O) groups is 2. The Morgan fingerprint density at radius 1 is 0.795 bits per heavy atom. The van der Waals surface area contributed by atoms with E-state index in [9.17, 15) is 14.7 Å². The molecule has 6 bridgehead atoms. The first-order chi connectivity index (χ1) is 18.4. The fourth-order valence-corrected chi connectivity index (χ4v) is 13.1. The van der Waals surface area contributed by atoms with Crippen LogP contribution in [0.25, 0.3) is 0 Å². The number of carboxylic acids is 1. The van der Waals surface area contributed by atoms with Gasteiger partial charge in [-0.3, -0.25) is 9.59 Å². The van der Waals surface area contributed by atoms with Crippen LogP contribution >= 0.6 is 0 Å². The molecule has 7 aliphatic rings. The average molecular weight is 538 g/mol. The molecule has 0 aliphatic heterocycles. The minimum atomic E-state index is -0.468. The summed E-state index contributed by atoms with van der Waals surface area (Å²) in [6, 6.07) is 0.433. The van der Waals surface area contributed by atoms with Crippen LogP contribution in [0.2, 0.25) is 0 Å². The van der Waals surface area contributed by atoms with Crippen molar-refractivity contribution in [3.05, 3.63) is 0 Å². The Morgan fingerprint density at radius 2 is 1.49 bits per heavy atom.